The number of nitrogens with zero attached hydrogens (tertiary/aromatic N) is 4. The van der Waals surface area contributed by atoms with Gasteiger partial charge in [0, 0.05) is 18.2 Å². The normalized spacial score (nSPS) is 13.9. The summed E-state index contributed by atoms with van der Waals surface area (Å²) in [5.41, 5.74) is 0.916. The summed E-state index contributed by atoms with van der Waals surface area (Å²) < 4.78 is 6.62. The second kappa shape index (κ2) is 7.50. The zero-order chi connectivity index (χ0) is 18.1. The highest BCUT2D eigenvalue weighted by Crippen LogP contribution is 2.37. The maximum Gasteiger partial charge on any atom is 0.236 e. The van der Waals surface area contributed by atoms with Gasteiger partial charge in [-0.1, -0.05) is 36.1 Å². The van der Waals surface area contributed by atoms with E-state index >= 15 is 0 Å². The lowest BCUT2D eigenvalue weighted by atomic mass is 10.4. The van der Waals surface area contributed by atoms with E-state index in [-0.39, 0.29) is 5.91 Å². The molecule has 1 saturated carbocycles. The largest absolute Gasteiger partial charge is 0.440 e. The van der Waals surface area contributed by atoms with E-state index < -0.39 is 0 Å². The summed E-state index contributed by atoms with van der Waals surface area (Å²) in [6.45, 7) is 3.81. The van der Waals surface area contributed by atoms with Crippen LogP contribution in [-0.2, 0) is 10.5 Å². The van der Waals surface area contributed by atoms with E-state index in [1.165, 1.54) is 11.3 Å². The lowest BCUT2D eigenvalue weighted by Crippen LogP contribution is -2.32. The fraction of sp³-hybridized carbons (Fsp3) is 0.412. The summed E-state index contributed by atoms with van der Waals surface area (Å²) in [4.78, 5) is 19.6. The fourth-order valence-electron chi connectivity index (χ4n) is 2.53. The summed E-state index contributed by atoms with van der Waals surface area (Å²) in [6.07, 6.45) is 2.59. The van der Waals surface area contributed by atoms with Gasteiger partial charge in [-0.2, -0.15) is 0 Å². The molecular weight excluding hydrogens is 388 g/mol. The lowest BCUT2D eigenvalue weighted by molar-refractivity contribution is -0.118. The van der Waals surface area contributed by atoms with Gasteiger partial charge in [-0.15, -0.1) is 21.5 Å². The van der Waals surface area contributed by atoms with Gasteiger partial charge in [0.1, 0.15) is 5.76 Å². The minimum absolute atomic E-state index is 0.119. The first-order chi connectivity index (χ1) is 12.7. The number of amides is 1. The standard InChI is InChI=1S/C17H18N4O2S3/c1-3-14(22)21(11-6-7-11)16-19-20-17(26-16)25-9-12-10(2)23-15(18-12)13-5-4-8-24-13/h4-5,8,11H,3,6-7,9H2,1-2H3. The van der Waals surface area contributed by atoms with Crippen molar-refractivity contribution in [3.05, 3.63) is 29.0 Å². The minimum Gasteiger partial charge on any atom is -0.440 e. The number of rotatable bonds is 7. The van der Waals surface area contributed by atoms with Crippen molar-refractivity contribution in [1.82, 2.24) is 15.2 Å². The van der Waals surface area contributed by atoms with Crippen LogP contribution in [0, 0.1) is 6.92 Å². The monoisotopic (exact) mass is 406 g/mol. The van der Waals surface area contributed by atoms with E-state index in [4.69, 9.17) is 4.42 Å². The SMILES string of the molecule is CCC(=O)N(c1nnc(SCc2nc(-c3cccs3)oc2C)s1)C1CC1. The quantitative estimate of drug-likeness (QED) is 0.416. The molecule has 3 aromatic rings. The summed E-state index contributed by atoms with van der Waals surface area (Å²) in [6, 6.07) is 4.29. The number of carbonyl (C=O) groups excluding carboxylic acids is 1. The van der Waals surface area contributed by atoms with E-state index in [0.29, 0.717) is 29.2 Å². The Kier molecular flexibility index (Phi) is 5.10. The third-order valence-corrected chi connectivity index (χ3v) is 6.97. The van der Waals surface area contributed by atoms with Crippen molar-refractivity contribution in [3.8, 4) is 10.8 Å². The Morgan fingerprint density at radius 1 is 1.42 bits per heavy atom. The molecule has 9 heteroatoms. The summed E-state index contributed by atoms with van der Waals surface area (Å²) in [5.74, 6) is 2.28. The molecule has 1 fully saturated rings. The number of aryl methyl sites for hydroxylation is 1. The smallest absolute Gasteiger partial charge is 0.236 e. The summed E-state index contributed by atoms with van der Waals surface area (Å²) in [5, 5.41) is 11.2. The highest BCUT2D eigenvalue weighted by Gasteiger charge is 2.35. The number of thiophene rings is 1. The molecule has 1 aliphatic rings. The van der Waals surface area contributed by atoms with Crippen LogP contribution in [0.2, 0.25) is 0 Å². The molecule has 0 atom stereocenters. The molecule has 1 aliphatic carbocycles. The van der Waals surface area contributed by atoms with Gasteiger partial charge >= 0.3 is 0 Å². The molecule has 6 nitrogen and oxygen atoms in total. The third-order valence-electron chi connectivity index (χ3n) is 4.04. The van der Waals surface area contributed by atoms with Crippen molar-refractivity contribution in [2.45, 2.75) is 49.2 Å². The third kappa shape index (κ3) is 3.70. The van der Waals surface area contributed by atoms with Crippen molar-refractivity contribution in [3.63, 3.8) is 0 Å². The van der Waals surface area contributed by atoms with Gasteiger partial charge in [-0.25, -0.2) is 4.98 Å². The molecular formula is C17H18N4O2S3. The number of carbonyl (C=O) groups is 1. The van der Waals surface area contributed by atoms with Gasteiger partial charge in [0.15, 0.2) is 4.34 Å². The van der Waals surface area contributed by atoms with Gasteiger partial charge in [0.05, 0.1) is 10.6 Å². The second-order valence-corrected chi connectivity index (χ2v) is 9.11. The number of anilines is 1. The Labute approximate surface area is 163 Å². The molecule has 0 spiro atoms. The van der Waals surface area contributed by atoms with Gasteiger partial charge < -0.3 is 4.42 Å². The predicted octanol–water partition coefficient (Wildman–Crippen LogP) is 4.76. The molecule has 0 aliphatic heterocycles. The van der Waals surface area contributed by atoms with Crippen LogP contribution in [-0.4, -0.2) is 27.1 Å². The van der Waals surface area contributed by atoms with E-state index in [9.17, 15) is 4.79 Å². The number of thioether (sulfide) groups is 1. The number of aromatic nitrogens is 3. The van der Waals surface area contributed by atoms with E-state index in [1.54, 1.807) is 23.1 Å². The number of hydrogen-bond acceptors (Lipinski definition) is 8. The Hall–Kier alpha value is -1.71. The summed E-state index contributed by atoms with van der Waals surface area (Å²) in [7, 11) is 0. The van der Waals surface area contributed by atoms with Crippen molar-refractivity contribution >= 4 is 45.5 Å². The van der Waals surface area contributed by atoms with Gasteiger partial charge in [0.2, 0.25) is 16.9 Å². The Morgan fingerprint density at radius 2 is 2.27 bits per heavy atom. The Balaban J connectivity index is 1.44. The molecule has 0 aromatic carbocycles. The predicted molar refractivity (Wildman–Crippen MR) is 105 cm³/mol. The lowest BCUT2D eigenvalue weighted by Gasteiger charge is -2.17. The first-order valence-electron chi connectivity index (χ1n) is 8.44. The zero-order valence-corrected chi connectivity index (χ0v) is 16.9. The summed E-state index contributed by atoms with van der Waals surface area (Å²) >= 11 is 4.66. The minimum atomic E-state index is 0.119. The van der Waals surface area contributed by atoms with Crippen molar-refractivity contribution in [2.75, 3.05) is 4.90 Å². The molecule has 0 saturated heterocycles. The maximum absolute atomic E-state index is 12.2. The molecule has 0 N–H and O–H groups in total. The van der Waals surface area contributed by atoms with Crippen LogP contribution in [0.3, 0.4) is 0 Å². The average Bonchev–Trinajstić information content (AvgIpc) is 3.05. The van der Waals surface area contributed by atoms with Crippen LogP contribution < -0.4 is 4.90 Å². The molecule has 0 bridgehead atoms. The number of oxazole rings is 1. The van der Waals surface area contributed by atoms with E-state index in [1.807, 2.05) is 36.3 Å². The van der Waals surface area contributed by atoms with Gasteiger partial charge in [-0.05, 0) is 31.2 Å². The Bertz CT molecular complexity index is 899. The Morgan fingerprint density at radius 3 is 2.96 bits per heavy atom. The van der Waals surface area contributed by atoms with Crippen molar-refractivity contribution < 1.29 is 9.21 Å². The molecule has 0 unspecified atom stereocenters. The molecule has 3 aromatic heterocycles. The first-order valence-corrected chi connectivity index (χ1v) is 11.1. The first kappa shape index (κ1) is 17.7. The average molecular weight is 407 g/mol. The molecule has 26 heavy (non-hydrogen) atoms. The van der Waals surface area contributed by atoms with Crippen LogP contribution in [0.25, 0.3) is 10.8 Å². The van der Waals surface area contributed by atoms with Crippen LogP contribution in [0.15, 0.2) is 26.3 Å². The fourth-order valence-corrected chi connectivity index (χ4v) is 5.11. The van der Waals surface area contributed by atoms with Crippen LogP contribution in [0.4, 0.5) is 5.13 Å². The van der Waals surface area contributed by atoms with E-state index in [2.05, 4.69) is 15.2 Å². The van der Waals surface area contributed by atoms with Crippen LogP contribution in [0.1, 0.15) is 37.6 Å². The highest BCUT2D eigenvalue weighted by molar-refractivity contribution is 8.00. The second-order valence-electron chi connectivity index (χ2n) is 5.99. The van der Waals surface area contributed by atoms with Gasteiger partial charge in [-0.3, -0.25) is 9.69 Å². The topological polar surface area (TPSA) is 72.1 Å². The van der Waals surface area contributed by atoms with Crippen LogP contribution in [0.5, 0.6) is 0 Å². The zero-order valence-electron chi connectivity index (χ0n) is 14.5. The van der Waals surface area contributed by atoms with Crippen molar-refractivity contribution in [2.24, 2.45) is 0 Å². The van der Waals surface area contributed by atoms with Gasteiger partial charge in [0.25, 0.3) is 0 Å². The maximum atomic E-state index is 12.2. The molecule has 1 amide bonds. The van der Waals surface area contributed by atoms with Crippen LogP contribution >= 0.6 is 34.4 Å². The van der Waals surface area contributed by atoms with Crippen molar-refractivity contribution in [1.29, 1.82) is 0 Å². The molecule has 136 valence electrons. The molecule has 4 rings (SSSR count). The van der Waals surface area contributed by atoms with E-state index in [0.717, 1.165) is 33.5 Å². The number of hydrogen-bond donors (Lipinski definition) is 0. The molecule has 3 heterocycles. The highest BCUT2D eigenvalue weighted by atomic mass is 32.2. The molecule has 0 radical (unpaired) electrons.